The van der Waals surface area contributed by atoms with Crippen molar-refractivity contribution in [1.29, 1.82) is 0 Å². The molecular formula is C23H27N5O3. The number of aromatic nitrogens is 2. The number of rotatable bonds is 5. The molecule has 2 aliphatic rings. The van der Waals surface area contributed by atoms with E-state index in [1.165, 1.54) is 4.90 Å². The molecule has 1 fully saturated rings. The predicted octanol–water partition coefficient (Wildman–Crippen LogP) is 2.45. The van der Waals surface area contributed by atoms with Gasteiger partial charge in [-0.05, 0) is 38.5 Å². The van der Waals surface area contributed by atoms with E-state index >= 15 is 0 Å². The van der Waals surface area contributed by atoms with E-state index in [1.807, 2.05) is 26.8 Å². The lowest BCUT2D eigenvalue weighted by atomic mass is 10.0. The van der Waals surface area contributed by atoms with Crippen LogP contribution in [0.25, 0.3) is 0 Å². The molecule has 2 aromatic rings. The van der Waals surface area contributed by atoms with Gasteiger partial charge in [0.15, 0.2) is 0 Å². The van der Waals surface area contributed by atoms with Crippen LogP contribution in [0.4, 0.5) is 5.82 Å². The molecule has 0 bridgehead atoms. The number of carbonyl (C=O) groups is 3. The van der Waals surface area contributed by atoms with Gasteiger partial charge in [-0.15, -0.1) is 0 Å². The molecule has 2 aliphatic heterocycles. The highest BCUT2D eigenvalue weighted by atomic mass is 16.2. The van der Waals surface area contributed by atoms with Gasteiger partial charge in [0.25, 0.3) is 17.7 Å². The van der Waals surface area contributed by atoms with Gasteiger partial charge in [0.1, 0.15) is 11.6 Å². The molecule has 8 nitrogen and oxygen atoms in total. The van der Waals surface area contributed by atoms with Crippen molar-refractivity contribution in [1.82, 2.24) is 19.8 Å². The van der Waals surface area contributed by atoms with Gasteiger partial charge in [-0.3, -0.25) is 19.3 Å². The highest BCUT2D eigenvalue weighted by Crippen LogP contribution is 2.25. The number of benzene rings is 1. The van der Waals surface area contributed by atoms with Gasteiger partial charge in [-0.1, -0.05) is 13.3 Å². The standard InChI is InChI=1S/C23H27N5O3/c1-4-5-8-28-22(30)18-7-6-17(14-19(18)23(28)31)21(29)27-11-9-26(10-12-27)20-13-15(2)24-16(3)25-20/h6-7,13-14H,4-5,8-12H2,1-3H3. The average Bonchev–Trinajstić information content (AvgIpc) is 3.00. The Morgan fingerprint density at radius 3 is 2.35 bits per heavy atom. The molecule has 0 unspecified atom stereocenters. The Kier molecular flexibility index (Phi) is 5.71. The van der Waals surface area contributed by atoms with Gasteiger partial charge in [0.05, 0.1) is 11.1 Å². The van der Waals surface area contributed by atoms with Crippen LogP contribution in [0.3, 0.4) is 0 Å². The molecule has 0 saturated carbocycles. The van der Waals surface area contributed by atoms with Crippen molar-refractivity contribution in [3.63, 3.8) is 0 Å². The number of nitrogens with zero attached hydrogens (tertiary/aromatic N) is 5. The summed E-state index contributed by atoms with van der Waals surface area (Å²) in [6.07, 6.45) is 1.67. The minimum absolute atomic E-state index is 0.121. The Balaban J connectivity index is 1.45. The number of hydrogen-bond acceptors (Lipinski definition) is 6. The lowest BCUT2D eigenvalue weighted by Crippen LogP contribution is -2.49. The van der Waals surface area contributed by atoms with Crippen LogP contribution < -0.4 is 4.90 Å². The van der Waals surface area contributed by atoms with Crippen molar-refractivity contribution in [2.45, 2.75) is 33.6 Å². The van der Waals surface area contributed by atoms with Crippen molar-refractivity contribution in [3.05, 3.63) is 52.5 Å². The highest BCUT2D eigenvalue weighted by molar-refractivity contribution is 6.22. The van der Waals surface area contributed by atoms with Gasteiger partial charge in [-0.25, -0.2) is 9.97 Å². The van der Waals surface area contributed by atoms with Crippen molar-refractivity contribution in [2.75, 3.05) is 37.6 Å². The van der Waals surface area contributed by atoms with Gasteiger partial charge in [-0.2, -0.15) is 0 Å². The number of carbonyl (C=O) groups excluding carboxylic acids is 3. The number of imide groups is 1. The molecule has 1 saturated heterocycles. The van der Waals surface area contributed by atoms with Crippen LogP contribution in [-0.2, 0) is 0 Å². The van der Waals surface area contributed by atoms with Crippen molar-refractivity contribution < 1.29 is 14.4 Å². The first kappa shape index (κ1) is 21.0. The fourth-order valence-electron chi connectivity index (χ4n) is 4.12. The molecule has 4 rings (SSSR count). The highest BCUT2D eigenvalue weighted by Gasteiger charge is 2.36. The quantitative estimate of drug-likeness (QED) is 0.690. The molecule has 8 heteroatoms. The summed E-state index contributed by atoms with van der Waals surface area (Å²) < 4.78 is 0. The van der Waals surface area contributed by atoms with Gasteiger partial charge >= 0.3 is 0 Å². The van der Waals surface area contributed by atoms with E-state index in [-0.39, 0.29) is 17.7 Å². The first-order valence-electron chi connectivity index (χ1n) is 10.8. The minimum atomic E-state index is -0.303. The molecule has 0 atom stereocenters. The maximum atomic E-state index is 13.1. The smallest absolute Gasteiger partial charge is 0.261 e. The van der Waals surface area contributed by atoms with Crippen LogP contribution in [0.15, 0.2) is 24.3 Å². The Morgan fingerprint density at radius 2 is 1.68 bits per heavy atom. The van der Waals surface area contributed by atoms with Gasteiger partial charge in [0, 0.05) is 50.0 Å². The molecule has 162 valence electrons. The van der Waals surface area contributed by atoms with E-state index in [0.717, 1.165) is 30.2 Å². The first-order chi connectivity index (χ1) is 14.9. The van der Waals surface area contributed by atoms with Crippen molar-refractivity contribution in [3.8, 4) is 0 Å². The summed E-state index contributed by atoms with van der Waals surface area (Å²) in [5.74, 6) is 0.924. The number of amides is 3. The minimum Gasteiger partial charge on any atom is -0.353 e. The molecule has 0 spiro atoms. The fourth-order valence-corrected chi connectivity index (χ4v) is 4.12. The van der Waals surface area contributed by atoms with Crippen LogP contribution in [0.2, 0.25) is 0 Å². The number of aryl methyl sites for hydroxylation is 2. The zero-order chi connectivity index (χ0) is 22.1. The molecule has 3 heterocycles. The largest absolute Gasteiger partial charge is 0.353 e. The number of anilines is 1. The summed E-state index contributed by atoms with van der Waals surface area (Å²) in [4.78, 5) is 52.3. The number of hydrogen-bond donors (Lipinski definition) is 0. The van der Waals surface area contributed by atoms with E-state index in [9.17, 15) is 14.4 Å². The second kappa shape index (κ2) is 8.45. The van der Waals surface area contributed by atoms with Crippen LogP contribution in [0, 0.1) is 13.8 Å². The Bertz CT molecular complexity index is 1020. The third-order valence-corrected chi connectivity index (χ3v) is 5.80. The van der Waals surface area contributed by atoms with Gasteiger partial charge < -0.3 is 9.80 Å². The summed E-state index contributed by atoms with van der Waals surface area (Å²) >= 11 is 0. The van der Waals surface area contributed by atoms with Crippen LogP contribution in [0.1, 0.15) is 62.4 Å². The molecule has 1 aromatic heterocycles. The number of unbranched alkanes of at least 4 members (excludes halogenated alkanes) is 1. The summed E-state index contributed by atoms with van der Waals surface area (Å²) in [7, 11) is 0. The molecule has 0 N–H and O–H groups in total. The summed E-state index contributed by atoms with van der Waals surface area (Å²) in [5.41, 5.74) is 2.08. The third kappa shape index (κ3) is 4.02. The van der Waals surface area contributed by atoms with Crippen molar-refractivity contribution in [2.24, 2.45) is 0 Å². The normalized spacial score (nSPS) is 16.2. The predicted molar refractivity (Wildman–Crippen MR) is 116 cm³/mol. The zero-order valence-electron chi connectivity index (χ0n) is 18.2. The van der Waals surface area contributed by atoms with E-state index < -0.39 is 0 Å². The third-order valence-electron chi connectivity index (χ3n) is 5.80. The molecule has 3 amide bonds. The zero-order valence-corrected chi connectivity index (χ0v) is 18.2. The molecule has 1 aromatic carbocycles. The first-order valence-corrected chi connectivity index (χ1v) is 10.8. The SMILES string of the molecule is CCCCN1C(=O)c2ccc(C(=O)N3CCN(c4cc(C)nc(C)n4)CC3)cc2C1=O. The maximum absolute atomic E-state index is 13.1. The van der Waals surface area contributed by atoms with E-state index in [0.29, 0.717) is 49.4 Å². The maximum Gasteiger partial charge on any atom is 0.261 e. The van der Waals surface area contributed by atoms with E-state index in [4.69, 9.17) is 0 Å². The van der Waals surface area contributed by atoms with Gasteiger partial charge in [0.2, 0.25) is 0 Å². The topological polar surface area (TPSA) is 86.7 Å². The second-order valence-corrected chi connectivity index (χ2v) is 8.07. The lowest BCUT2D eigenvalue weighted by molar-refractivity contribution is 0.0651. The van der Waals surface area contributed by atoms with Crippen LogP contribution in [-0.4, -0.2) is 70.2 Å². The molecule has 0 radical (unpaired) electrons. The summed E-state index contributed by atoms with van der Waals surface area (Å²) in [6.45, 7) is 8.73. The van der Waals surface area contributed by atoms with Crippen LogP contribution >= 0.6 is 0 Å². The molecular weight excluding hydrogens is 394 g/mol. The van der Waals surface area contributed by atoms with Crippen LogP contribution in [0.5, 0.6) is 0 Å². The molecule has 0 aliphatic carbocycles. The number of fused-ring (bicyclic) bond motifs is 1. The van der Waals surface area contributed by atoms with E-state index in [2.05, 4.69) is 14.9 Å². The number of piperazine rings is 1. The average molecular weight is 422 g/mol. The fraction of sp³-hybridized carbons (Fsp3) is 0.435. The lowest BCUT2D eigenvalue weighted by Gasteiger charge is -2.35. The Morgan fingerprint density at radius 1 is 0.968 bits per heavy atom. The van der Waals surface area contributed by atoms with E-state index in [1.54, 1.807) is 23.1 Å². The summed E-state index contributed by atoms with van der Waals surface area (Å²) in [6, 6.07) is 6.79. The Labute approximate surface area is 181 Å². The second-order valence-electron chi connectivity index (χ2n) is 8.07. The summed E-state index contributed by atoms with van der Waals surface area (Å²) in [5, 5.41) is 0. The van der Waals surface area contributed by atoms with Crippen molar-refractivity contribution >= 4 is 23.5 Å². The Hall–Kier alpha value is -3.29. The molecule has 31 heavy (non-hydrogen) atoms. The monoisotopic (exact) mass is 421 g/mol.